The molecule has 1 amide bonds. The Kier molecular flexibility index (Phi) is 12.6. The van der Waals surface area contributed by atoms with E-state index in [9.17, 15) is 9.59 Å². The van der Waals surface area contributed by atoms with Crippen LogP contribution in [-0.4, -0.2) is 59.1 Å². The molecule has 1 atom stereocenters. The van der Waals surface area contributed by atoms with Crippen LogP contribution in [0, 0.1) is 0 Å². The second-order valence-corrected chi connectivity index (χ2v) is 14.3. The molecule has 1 aliphatic rings. The number of amides is 1. The van der Waals surface area contributed by atoms with Crippen molar-refractivity contribution >= 4 is 28.6 Å². The minimum Gasteiger partial charge on any atom is -0.490 e. The zero-order valence-corrected chi connectivity index (χ0v) is 33.6. The predicted molar refractivity (Wildman–Crippen MR) is 224 cm³/mol. The minimum atomic E-state index is -0.312. The van der Waals surface area contributed by atoms with Crippen LogP contribution in [0.1, 0.15) is 50.4 Å². The molecule has 6 aromatic rings. The monoisotopic (exact) mass is 785 g/mol. The molecular formula is C46H47N3O7S. The maximum absolute atomic E-state index is 14.6. The maximum atomic E-state index is 14.6. The first-order valence-electron chi connectivity index (χ1n) is 19.5. The average Bonchev–Trinajstić information content (AvgIpc) is 3.22. The second kappa shape index (κ2) is 18.3. The Labute approximate surface area is 337 Å². The summed E-state index contributed by atoms with van der Waals surface area (Å²) in [6.07, 6.45) is 1.18. The molecule has 1 aromatic heterocycles. The van der Waals surface area contributed by atoms with E-state index in [4.69, 9.17) is 28.7 Å². The van der Waals surface area contributed by atoms with E-state index in [1.807, 2.05) is 130 Å². The Morgan fingerprint density at radius 1 is 0.719 bits per heavy atom. The number of thioether (sulfide) groups is 1. The summed E-state index contributed by atoms with van der Waals surface area (Å²) in [7, 11) is 0. The number of fused-ring (bicyclic) bond motifs is 2. The van der Waals surface area contributed by atoms with Gasteiger partial charge in [0.1, 0.15) is 11.5 Å². The molecule has 0 saturated carbocycles. The molecule has 7 rings (SSSR count). The van der Waals surface area contributed by atoms with E-state index in [-0.39, 0.29) is 23.3 Å². The first-order valence-corrected chi connectivity index (χ1v) is 20.5. The number of carbonyl (C=O) groups is 1. The summed E-state index contributed by atoms with van der Waals surface area (Å²) in [5, 5.41) is 0.911. The van der Waals surface area contributed by atoms with E-state index in [1.165, 1.54) is 11.8 Å². The van der Waals surface area contributed by atoms with Gasteiger partial charge in [-0.1, -0.05) is 48.2 Å². The normalized spacial score (nSPS) is 13.5. The van der Waals surface area contributed by atoms with E-state index in [0.29, 0.717) is 102 Å². The molecule has 1 aliphatic heterocycles. The summed E-state index contributed by atoms with van der Waals surface area (Å²) in [5.41, 5.74) is 4.10. The average molecular weight is 786 g/mol. The van der Waals surface area contributed by atoms with Crippen molar-refractivity contribution in [3.63, 3.8) is 0 Å². The van der Waals surface area contributed by atoms with E-state index in [2.05, 4.69) is 6.07 Å². The SMILES string of the molecule is CCOc1ccc(CC2c3cc(OCC)c(OCC)cc3CCN2C(=O)CSc2nc3ccccc3c(=O)n2-c2ccc(Oc3ccccc3)cc2)cc1OCC. The van der Waals surface area contributed by atoms with Gasteiger partial charge in [-0.05, 0) is 130 Å². The van der Waals surface area contributed by atoms with Gasteiger partial charge in [-0.2, -0.15) is 0 Å². The summed E-state index contributed by atoms with van der Waals surface area (Å²) < 4.78 is 31.5. The Bertz CT molecular complexity index is 2380. The standard InChI is InChI=1S/C46H47N3O7S/c1-5-52-40-23-18-31(27-41(40)53-6-2)26-39-37-29-43(55-8-4)42(54-7-3)28-32(37)24-25-48(39)44(50)30-57-46-47-38-17-13-12-16-36(38)45(51)49(46)33-19-21-35(22-20-33)56-34-14-10-9-11-15-34/h9-23,27-29,39H,5-8,24-26,30H2,1-4H3. The van der Waals surface area contributed by atoms with Crippen molar-refractivity contribution in [2.75, 3.05) is 38.7 Å². The molecule has 0 radical (unpaired) electrons. The Morgan fingerprint density at radius 2 is 1.35 bits per heavy atom. The molecule has 1 unspecified atom stereocenters. The van der Waals surface area contributed by atoms with Crippen LogP contribution in [0.5, 0.6) is 34.5 Å². The molecular weight excluding hydrogens is 739 g/mol. The van der Waals surface area contributed by atoms with Crippen molar-refractivity contribution in [3.8, 4) is 40.2 Å². The van der Waals surface area contributed by atoms with E-state index in [0.717, 1.165) is 16.7 Å². The smallest absolute Gasteiger partial charge is 0.266 e. The van der Waals surface area contributed by atoms with Gasteiger partial charge in [-0.15, -0.1) is 0 Å². The first kappa shape index (κ1) is 39.3. The van der Waals surface area contributed by atoms with Gasteiger partial charge in [0, 0.05) is 6.54 Å². The number of hydrogen-bond acceptors (Lipinski definition) is 9. The van der Waals surface area contributed by atoms with Gasteiger partial charge >= 0.3 is 0 Å². The molecule has 2 heterocycles. The zero-order chi connectivity index (χ0) is 39.7. The van der Waals surface area contributed by atoms with E-state index >= 15 is 0 Å². The third-order valence-corrected chi connectivity index (χ3v) is 10.6. The second-order valence-electron chi connectivity index (χ2n) is 13.3. The fraction of sp³-hybridized carbons (Fsp3) is 0.283. The predicted octanol–water partition coefficient (Wildman–Crippen LogP) is 9.23. The van der Waals surface area contributed by atoms with Crippen LogP contribution < -0.4 is 29.2 Å². The third-order valence-electron chi connectivity index (χ3n) is 9.66. The van der Waals surface area contributed by atoms with Crippen LogP contribution in [0.4, 0.5) is 0 Å². The number of hydrogen-bond donors (Lipinski definition) is 0. The highest BCUT2D eigenvalue weighted by atomic mass is 32.2. The highest BCUT2D eigenvalue weighted by Crippen LogP contribution is 2.41. The van der Waals surface area contributed by atoms with Crippen LogP contribution in [0.15, 0.2) is 119 Å². The van der Waals surface area contributed by atoms with Crippen molar-refractivity contribution in [2.24, 2.45) is 0 Å². The summed E-state index contributed by atoms with van der Waals surface area (Å²) >= 11 is 1.25. The molecule has 294 valence electrons. The van der Waals surface area contributed by atoms with Crippen molar-refractivity contribution in [1.29, 1.82) is 0 Å². The minimum absolute atomic E-state index is 0.0641. The van der Waals surface area contributed by atoms with Gasteiger partial charge in [0.05, 0.1) is 54.8 Å². The van der Waals surface area contributed by atoms with Gasteiger partial charge in [0.2, 0.25) is 5.91 Å². The molecule has 0 fully saturated rings. The lowest BCUT2D eigenvalue weighted by Crippen LogP contribution is -2.42. The number of para-hydroxylation sites is 2. The lowest BCUT2D eigenvalue weighted by Gasteiger charge is -2.38. The van der Waals surface area contributed by atoms with Gasteiger partial charge < -0.3 is 28.6 Å². The van der Waals surface area contributed by atoms with Gasteiger partial charge in [-0.25, -0.2) is 4.98 Å². The van der Waals surface area contributed by atoms with Crippen LogP contribution in [0.25, 0.3) is 16.6 Å². The van der Waals surface area contributed by atoms with Gasteiger partial charge in [0.15, 0.2) is 28.2 Å². The largest absolute Gasteiger partial charge is 0.490 e. The number of nitrogens with zero attached hydrogens (tertiary/aromatic N) is 3. The molecule has 57 heavy (non-hydrogen) atoms. The molecule has 0 spiro atoms. The number of benzene rings is 5. The van der Waals surface area contributed by atoms with Gasteiger partial charge in [-0.3, -0.25) is 14.2 Å². The fourth-order valence-corrected chi connectivity index (χ4v) is 8.04. The number of carbonyl (C=O) groups excluding carboxylic acids is 1. The van der Waals surface area contributed by atoms with E-state index in [1.54, 1.807) is 10.6 Å². The summed E-state index contributed by atoms with van der Waals surface area (Å²) in [6.45, 7) is 10.3. The molecule has 0 aliphatic carbocycles. The topological polar surface area (TPSA) is 101 Å². The van der Waals surface area contributed by atoms with Crippen molar-refractivity contribution in [1.82, 2.24) is 14.5 Å². The number of ether oxygens (including phenoxy) is 5. The maximum Gasteiger partial charge on any atom is 0.266 e. The number of aromatic nitrogens is 2. The summed E-state index contributed by atoms with van der Waals surface area (Å²) in [6, 6.07) is 33.9. The lowest BCUT2D eigenvalue weighted by molar-refractivity contribution is -0.131. The van der Waals surface area contributed by atoms with E-state index < -0.39 is 0 Å². The zero-order valence-electron chi connectivity index (χ0n) is 32.7. The highest BCUT2D eigenvalue weighted by Gasteiger charge is 2.33. The van der Waals surface area contributed by atoms with Crippen molar-refractivity contribution in [2.45, 2.75) is 51.7 Å². The quantitative estimate of drug-likeness (QED) is 0.0702. The molecule has 0 N–H and O–H groups in total. The lowest BCUT2D eigenvalue weighted by atomic mass is 9.88. The third kappa shape index (κ3) is 8.89. The summed E-state index contributed by atoms with van der Waals surface area (Å²) in [4.78, 5) is 35.5. The summed E-state index contributed by atoms with van der Waals surface area (Å²) in [5.74, 6) is 4.05. The Balaban J connectivity index is 1.22. The molecule has 10 nitrogen and oxygen atoms in total. The van der Waals surface area contributed by atoms with Crippen LogP contribution in [0.3, 0.4) is 0 Å². The first-order chi connectivity index (χ1) is 27.9. The molecule has 5 aromatic carbocycles. The molecule has 0 bridgehead atoms. The van der Waals surface area contributed by atoms with Crippen molar-refractivity contribution < 1.29 is 28.5 Å². The Morgan fingerprint density at radius 3 is 2.07 bits per heavy atom. The molecule has 0 saturated heterocycles. The number of rotatable bonds is 16. The highest BCUT2D eigenvalue weighted by molar-refractivity contribution is 7.99. The molecule has 11 heteroatoms. The fourth-order valence-electron chi connectivity index (χ4n) is 7.14. The van der Waals surface area contributed by atoms with Crippen LogP contribution in [-0.2, 0) is 17.6 Å². The van der Waals surface area contributed by atoms with Crippen LogP contribution in [0.2, 0.25) is 0 Å². The van der Waals surface area contributed by atoms with Crippen LogP contribution >= 0.6 is 11.8 Å². The van der Waals surface area contributed by atoms with Gasteiger partial charge in [0.25, 0.3) is 5.56 Å². The van der Waals surface area contributed by atoms with Crippen molar-refractivity contribution in [3.05, 3.63) is 136 Å². The Hall–Kier alpha value is -5.94.